The maximum Gasteiger partial charge on any atom is 0.264 e. The Kier molecular flexibility index (Phi) is 10.4. The molecule has 4 bridgehead atoms. The van der Waals surface area contributed by atoms with Crippen LogP contribution in [0.25, 0.3) is 11.3 Å². The average Bonchev–Trinajstić information content (AvgIpc) is 3.04. The number of hydrogen-bond acceptors (Lipinski definition) is 9. The molecule has 11 nitrogen and oxygen atoms in total. The predicted molar refractivity (Wildman–Crippen MR) is 180 cm³/mol. The van der Waals surface area contributed by atoms with Gasteiger partial charge in [0.2, 0.25) is 11.8 Å². The van der Waals surface area contributed by atoms with Gasteiger partial charge in [0.1, 0.15) is 12.4 Å². The molecule has 0 radical (unpaired) electrons. The summed E-state index contributed by atoms with van der Waals surface area (Å²) in [5, 5.41) is 0. The van der Waals surface area contributed by atoms with Crippen molar-refractivity contribution < 1.29 is 22.7 Å². The quantitative estimate of drug-likeness (QED) is 0.218. The molecule has 5 rings (SSSR count). The lowest BCUT2D eigenvalue weighted by Crippen LogP contribution is -2.44. The van der Waals surface area contributed by atoms with Gasteiger partial charge in [-0.2, -0.15) is 4.98 Å². The second kappa shape index (κ2) is 14.5. The summed E-state index contributed by atoms with van der Waals surface area (Å²) in [5.74, 6) is 1.02. The highest BCUT2D eigenvalue weighted by atomic mass is 32.2. The van der Waals surface area contributed by atoms with Gasteiger partial charge in [-0.3, -0.25) is 4.79 Å². The average molecular weight is 659 g/mol. The fourth-order valence-corrected chi connectivity index (χ4v) is 6.38. The fourth-order valence-electron chi connectivity index (χ4n) is 5.39. The zero-order valence-electron chi connectivity index (χ0n) is 27.7. The van der Waals surface area contributed by atoms with E-state index in [1.165, 1.54) is 12.1 Å². The Morgan fingerprint density at radius 3 is 2.40 bits per heavy atom. The number of aryl methyl sites for hydroxylation is 2. The number of aromatic nitrogens is 4. The van der Waals surface area contributed by atoms with Crippen molar-refractivity contribution in [3.05, 3.63) is 83.4 Å². The number of ether oxygens (including phenoxy) is 2. The first kappa shape index (κ1) is 33.8. The van der Waals surface area contributed by atoms with Crippen LogP contribution in [0.1, 0.15) is 74.3 Å². The minimum absolute atomic E-state index is 0.0123. The van der Waals surface area contributed by atoms with Gasteiger partial charge in [0, 0.05) is 17.2 Å². The largest absolute Gasteiger partial charge is 0.487 e. The molecule has 2 aromatic carbocycles. The van der Waals surface area contributed by atoms with Crippen LogP contribution in [0.3, 0.4) is 0 Å². The van der Waals surface area contributed by atoms with Gasteiger partial charge in [0.25, 0.3) is 15.9 Å². The number of nitrogens with zero attached hydrogens (tertiary/aromatic N) is 5. The van der Waals surface area contributed by atoms with Crippen LogP contribution in [-0.4, -0.2) is 57.9 Å². The topological polar surface area (TPSA) is 136 Å². The van der Waals surface area contributed by atoms with Crippen LogP contribution in [0.5, 0.6) is 11.6 Å². The van der Waals surface area contributed by atoms with E-state index in [0.717, 1.165) is 29.5 Å². The zero-order chi connectivity index (χ0) is 33.7. The van der Waals surface area contributed by atoms with Crippen LogP contribution in [0.2, 0.25) is 0 Å². The molecule has 0 saturated carbocycles. The van der Waals surface area contributed by atoms with E-state index in [1.807, 2.05) is 45.9 Å². The van der Waals surface area contributed by atoms with Gasteiger partial charge in [0.05, 0.1) is 41.7 Å². The first-order valence-corrected chi connectivity index (χ1v) is 17.4. The molecule has 2 atom stereocenters. The second-order valence-corrected chi connectivity index (χ2v) is 14.0. The van der Waals surface area contributed by atoms with Gasteiger partial charge in [-0.05, 0) is 75.3 Å². The lowest BCUT2D eigenvalue weighted by Gasteiger charge is -2.32. The molecule has 1 N–H and O–H groups in total. The number of nitrogens with one attached hydrogen (secondary N) is 1. The summed E-state index contributed by atoms with van der Waals surface area (Å²) < 4.78 is 41.9. The lowest BCUT2D eigenvalue weighted by atomic mass is 10.00. The Balaban J connectivity index is 1.60. The monoisotopic (exact) mass is 658 g/mol. The number of benzene rings is 2. The standard InChI is InChI=1S/C35H42N6O5S/c1-7-25(6)46-28-18-36-31(37-19-28)20-41-27(15-14-22(2)3)21-45-32-17-30(33-23(4)10-8-11-24(33)5)38-35(39-32)40-47(43,44)29-13-9-12-26(16-29)34(41)42/h8-13,16-19,22,25,27H,7,14-15,20-21H2,1-6H3,(H,38,39,40)/t25?,27-/m1/s1. The molecule has 47 heavy (non-hydrogen) atoms. The number of hydrogen-bond donors (Lipinski definition) is 1. The summed E-state index contributed by atoms with van der Waals surface area (Å²) in [7, 11) is -4.17. The van der Waals surface area contributed by atoms with Gasteiger partial charge < -0.3 is 14.4 Å². The Labute approximate surface area is 276 Å². The molecular formula is C35H42N6O5S. The van der Waals surface area contributed by atoms with Crippen LogP contribution in [0.15, 0.2) is 65.8 Å². The van der Waals surface area contributed by atoms with Crippen molar-refractivity contribution in [3.63, 3.8) is 0 Å². The first-order chi connectivity index (χ1) is 22.4. The van der Waals surface area contributed by atoms with Crippen molar-refractivity contribution in [1.82, 2.24) is 24.8 Å². The molecule has 1 aliphatic heterocycles. The lowest BCUT2D eigenvalue weighted by molar-refractivity contribution is 0.0557. The third-order valence-electron chi connectivity index (χ3n) is 8.16. The number of anilines is 1. The highest BCUT2D eigenvalue weighted by Crippen LogP contribution is 2.30. The van der Waals surface area contributed by atoms with Crippen LogP contribution in [0.4, 0.5) is 5.95 Å². The molecule has 0 fully saturated rings. The summed E-state index contributed by atoms with van der Waals surface area (Å²) in [6, 6.07) is 13.2. The van der Waals surface area contributed by atoms with E-state index >= 15 is 0 Å². The number of rotatable bonds is 9. The summed E-state index contributed by atoms with van der Waals surface area (Å²) in [6.07, 6.45) is 5.50. The third-order valence-corrected chi connectivity index (χ3v) is 9.49. The van der Waals surface area contributed by atoms with Crippen LogP contribution < -0.4 is 14.2 Å². The van der Waals surface area contributed by atoms with Crippen molar-refractivity contribution >= 4 is 21.9 Å². The minimum Gasteiger partial charge on any atom is -0.487 e. The van der Waals surface area contributed by atoms with Crippen molar-refractivity contribution in [2.75, 3.05) is 11.3 Å². The smallest absolute Gasteiger partial charge is 0.264 e. The molecule has 12 heteroatoms. The normalized spacial score (nSPS) is 16.7. The summed E-state index contributed by atoms with van der Waals surface area (Å²) >= 11 is 0. The SMILES string of the molecule is CCC(C)Oc1cnc(CN2C(=O)c3cccc(c3)S(=O)(=O)Nc3nc(cc(-c4c(C)cccc4C)n3)OC[C@H]2CCC(C)C)nc1. The summed E-state index contributed by atoms with van der Waals surface area (Å²) in [5.41, 5.74) is 3.54. The number of amides is 1. The molecule has 0 saturated heterocycles. The van der Waals surface area contributed by atoms with Crippen molar-refractivity contribution in [2.45, 2.75) is 84.4 Å². The molecule has 4 aromatic rings. The molecule has 3 heterocycles. The highest BCUT2D eigenvalue weighted by molar-refractivity contribution is 7.92. The van der Waals surface area contributed by atoms with Gasteiger partial charge in [-0.1, -0.05) is 45.0 Å². The van der Waals surface area contributed by atoms with E-state index in [1.54, 1.807) is 35.5 Å². The fraction of sp³-hybridized carbons (Fsp3) is 0.400. The molecule has 1 unspecified atom stereocenters. The predicted octanol–water partition coefficient (Wildman–Crippen LogP) is 6.37. The van der Waals surface area contributed by atoms with Gasteiger partial charge in [-0.25, -0.2) is 28.1 Å². The van der Waals surface area contributed by atoms with Crippen molar-refractivity contribution in [1.29, 1.82) is 0 Å². The second-order valence-electron chi connectivity index (χ2n) is 12.4. The summed E-state index contributed by atoms with van der Waals surface area (Å²) in [4.78, 5) is 33.9. The van der Waals surface area contributed by atoms with E-state index in [9.17, 15) is 13.2 Å². The Morgan fingerprint density at radius 1 is 1.02 bits per heavy atom. The van der Waals surface area contributed by atoms with E-state index < -0.39 is 16.1 Å². The molecule has 0 aliphatic carbocycles. The molecule has 2 aromatic heterocycles. The minimum atomic E-state index is -4.17. The Bertz CT molecular complexity index is 1810. The van der Waals surface area contributed by atoms with E-state index in [2.05, 4.69) is 38.5 Å². The third kappa shape index (κ3) is 8.23. The summed E-state index contributed by atoms with van der Waals surface area (Å²) in [6.45, 7) is 12.4. The van der Waals surface area contributed by atoms with E-state index in [0.29, 0.717) is 29.6 Å². The van der Waals surface area contributed by atoms with Crippen LogP contribution in [-0.2, 0) is 16.6 Å². The number of carbonyl (C=O) groups excluding carboxylic acids is 1. The van der Waals surface area contributed by atoms with E-state index in [-0.39, 0.29) is 47.5 Å². The molecular weight excluding hydrogens is 616 g/mol. The van der Waals surface area contributed by atoms with Gasteiger partial charge in [-0.15, -0.1) is 0 Å². The Morgan fingerprint density at radius 2 is 1.72 bits per heavy atom. The van der Waals surface area contributed by atoms with E-state index in [4.69, 9.17) is 9.47 Å². The van der Waals surface area contributed by atoms with Crippen molar-refractivity contribution in [2.24, 2.45) is 5.92 Å². The van der Waals surface area contributed by atoms with Gasteiger partial charge >= 0.3 is 0 Å². The number of fused-ring (bicyclic) bond motifs is 4. The first-order valence-electron chi connectivity index (χ1n) is 15.9. The molecule has 248 valence electrons. The number of sulfonamides is 1. The maximum atomic E-state index is 14.3. The van der Waals surface area contributed by atoms with Crippen LogP contribution >= 0.6 is 0 Å². The number of carbonyl (C=O) groups is 1. The zero-order valence-corrected chi connectivity index (χ0v) is 28.5. The van der Waals surface area contributed by atoms with Crippen molar-refractivity contribution in [3.8, 4) is 22.9 Å². The molecule has 1 amide bonds. The van der Waals surface area contributed by atoms with Crippen LogP contribution in [0, 0.1) is 19.8 Å². The maximum absolute atomic E-state index is 14.3. The Hall–Kier alpha value is -4.58. The van der Waals surface area contributed by atoms with Gasteiger partial charge in [0.15, 0.2) is 5.75 Å². The highest BCUT2D eigenvalue weighted by Gasteiger charge is 2.29. The molecule has 0 spiro atoms. The molecule has 1 aliphatic rings.